The number of nitrogens with zero attached hydrogens (tertiary/aromatic N) is 1. The summed E-state index contributed by atoms with van der Waals surface area (Å²) >= 11 is 5.25. The maximum atomic E-state index is 13.0. The molecule has 0 bridgehead atoms. The third-order valence-electron chi connectivity index (χ3n) is 4.67. The van der Waals surface area contributed by atoms with Crippen LogP contribution >= 0.6 is 12.2 Å². The van der Waals surface area contributed by atoms with Gasteiger partial charge in [0.2, 0.25) is 0 Å². The first kappa shape index (κ1) is 19.6. The number of carbonyl (C=O) groups excluding carboxylic acids is 2. The number of urea groups is 1. The summed E-state index contributed by atoms with van der Waals surface area (Å²) in [5.41, 5.74) is 4.02. The molecule has 0 radical (unpaired) electrons. The molecule has 0 aliphatic carbocycles. The zero-order valence-electron chi connectivity index (χ0n) is 15.9. The van der Waals surface area contributed by atoms with Gasteiger partial charge < -0.3 is 15.4 Å². The molecule has 1 aliphatic rings. The normalized spacial score (nSPS) is 18.6. The van der Waals surface area contributed by atoms with Crippen molar-refractivity contribution >= 4 is 35.0 Å². The van der Waals surface area contributed by atoms with Gasteiger partial charge in [0.05, 0.1) is 7.11 Å². The molecule has 1 fully saturated rings. The summed E-state index contributed by atoms with van der Waals surface area (Å²) in [6, 6.07) is 14.2. The number of benzene rings is 2. The Morgan fingerprint density at radius 3 is 2.57 bits per heavy atom. The molecule has 2 aromatic rings. The minimum absolute atomic E-state index is 0.141. The SMILES string of the molecule is CCc1ccc(NC(=S)NN2C(=O)N[C@](C)(c3cccc(OC)c3)C2=O)cc1. The molecule has 1 atom stereocenters. The molecule has 3 rings (SSSR count). The van der Waals surface area contributed by atoms with Gasteiger partial charge in [-0.25, -0.2) is 4.79 Å². The van der Waals surface area contributed by atoms with E-state index in [0.29, 0.717) is 11.3 Å². The first-order valence-electron chi connectivity index (χ1n) is 8.85. The van der Waals surface area contributed by atoms with Crippen LogP contribution in [0.2, 0.25) is 0 Å². The van der Waals surface area contributed by atoms with Crippen LogP contribution in [0.15, 0.2) is 48.5 Å². The van der Waals surface area contributed by atoms with Crippen LogP contribution in [-0.2, 0) is 16.8 Å². The standard InChI is InChI=1S/C20H22N4O3S/c1-4-13-8-10-15(11-9-13)21-18(28)23-24-17(25)20(2,22-19(24)26)14-6-5-7-16(12-14)27-3/h5-12H,4H2,1-3H3,(H,22,26)(H2,21,23,28)/t20-/m1/s1. The number of amides is 3. The lowest BCUT2D eigenvalue weighted by molar-refractivity contribution is -0.132. The maximum absolute atomic E-state index is 13.0. The second-order valence-electron chi connectivity index (χ2n) is 6.54. The molecule has 0 aromatic heterocycles. The molecule has 28 heavy (non-hydrogen) atoms. The van der Waals surface area contributed by atoms with E-state index in [0.717, 1.165) is 17.1 Å². The molecule has 1 saturated heterocycles. The number of hydrogen-bond acceptors (Lipinski definition) is 4. The largest absolute Gasteiger partial charge is 0.497 e. The van der Waals surface area contributed by atoms with Gasteiger partial charge in [-0.1, -0.05) is 31.2 Å². The molecule has 0 saturated carbocycles. The van der Waals surface area contributed by atoms with Gasteiger partial charge in [0.15, 0.2) is 5.11 Å². The van der Waals surface area contributed by atoms with Crippen LogP contribution in [0.1, 0.15) is 25.0 Å². The number of methoxy groups -OCH3 is 1. The van der Waals surface area contributed by atoms with Crippen molar-refractivity contribution in [3.05, 3.63) is 59.7 Å². The van der Waals surface area contributed by atoms with Crippen LogP contribution in [0.5, 0.6) is 5.75 Å². The average Bonchev–Trinajstić information content (AvgIpc) is 2.92. The van der Waals surface area contributed by atoms with Crippen molar-refractivity contribution in [1.82, 2.24) is 15.8 Å². The van der Waals surface area contributed by atoms with Crippen molar-refractivity contribution in [3.8, 4) is 5.75 Å². The van der Waals surface area contributed by atoms with E-state index < -0.39 is 17.5 Å². The minimum Gasteiger partial charge on any atom is -0.497 e. The Morgan fingerprint density at radius 2 is 1.93 bits per heavy atom. The van der Waals surface area contributed by atoms with Gasteiger partial charge in [-0.05, 0) is 61.0 Å². The lowest BCUT2D eigenvalue weighted by Crippen LogP contribution is -2.49. The van der Waals surface area contributed by atoms with E-state index in [2.05, 4.69) is 23.0 Å². The molecular weight excluding hydrogens is 376 g/mol. The van der Waals surface area contributed by atoms with Crippen LogP contribution in [0.25, 0.3) is 0 Å². The van der Waals surface area contributed by atoms with Crippen LogP contribution < -0.4 is 20.8 Å². The number of hydrazine groups is 1. The molecule has 3 amide bonds. The fraction of sp³-hybridized carbons (Fsp3) is 0.250. The van der Waals surface area contributed by atoms with Crippen molar-refractivity contribution < 1.29 is 14.3 Å². The summed E-state index contributed by atoms with van der Waals surface area (Å²) in [5, 5.41) is 6.71. The third kappa shape index (κ3) is 3.77. The zero-order valence-corrected chi connectivity index (χ0v) is 16.7. The van der Waals surface area contributed by atoms with Gasteiger partial charge in [-0.2, -0.15) is 5.01 Å². The lowest BCUT2D eigenvalue weighted by atomic mass is 9.92. The fourth-order valence-corrected chi connectivity index (χ4v) is 3.16. The summed E-state index contributed by atoms with van der Waals surface area (Å²) < 4.78 is 5.21. The van der Waals surface area contributed by atoms with Crippen molar-refractivity contribution in [3.63, 3.8) is 0 Å². The fourth-order valence-electron chi connectivity index (χ4n) is 2.95. The molecule has 1 aliphatic heterocycles. The molecule has 3 N–H and O–H groups in total. The number of nitrogens with one attached hydrogen (secondary N) is 3. The van der Waals surface area contributed by atoms with Gasteiger partial charge in [0, 0.05) is 5.69 Å². The lowest BCUT2D eigenvalue weighted by Gasteiger charge is -2.23. The first-order chi connectivity index (χ1) is 13.4. The Hall–Kier alpha value is -3.13. The molecule has 1 heterocycles. The number of ether oxygens (including phenoxy) is 1. The summed E-state index contributed by atoms with van der Waals surface area (Å²) in [6.45, 7) is 3.72. The number of carbonyl (C=O) groups is 2. The average molecular weight is 398 g/mol. The molecule has 8 heteroatoms. The van der Waals surface area contributed by atoms with Crippen molar-refractivity contribution in [2.75, 3.05) is 12.4 Å². The van der Waals surface area contributed by atoms with Gasteiger partial charge >= 0.3 is 6.03 Å². The van der Waals surface area contributed by atoms with Crippen LogP contribution in [-0.4, -0.2) is 29.2 Å². The molecule has 146 valence electrons. The van der Waals surface area contributed by atoms with E-state index in [-0.39, 0.29) is 5.11 Å². The number of anilines is 1. The highest BCUT2D eigenvalue weighted by Gasteiger charge is 2.50. The second-order valence-corrected chi connectivity index (χ2v) is 6.95. The third-order valence-corrected chi connectivity index (χ3v) is 4.86. The number of imide groups is 1. The highest BCUT2D eigenvalue weighted by Crippen LogP contribution is 2.30. The van der Waals surface area contributed by atoms with Crippen LogP contribution in [0.4, 0.5) is 10.5 Å². The van der Waals surface area contributed by atoms with Gasteiger partial charge in [0.1, 0.15) is 11.3 Å². The highest BCUT2D eigenvalue weighted by molar-refractivity contribution is 7.80. The first-order valence-corrected chi connectivity index (χ1v) is 9.26. The molecule has 0 unspecified atom stereocenters. The van der Waals surface area contributed by atoms with Crippen LogP contribution in [0, 0.1) is 0 Å². The van der Waals surface area contributed by atoms with E-state index in [1.807, 2.05) is 24.3 Å². The monoisotopic (exact) mass is 398 g/mol. The number of hydrogen-bond donors (Lipinski definition) is 3. The van der Waals surface area contributed by atoms with E-state index in [1.165, 1.54) is 5.56 Å². The topological polar surface area (TPSA) is 82.7 Å². The number of thiocarbonyl (C=S) groups is 1. The summed E-state index contributed by atoms with van der Waals surface area (Å²) in [4.78, 5) is 25.4. The summed E-state index contributed by atoms with van der Waals surface area (Å²) in [7, 11) is 1.54. The highest BCUT2D eigenvalue weighted by atomic mass is 32.1. The van der Waals surface area contributed by atoms with E-state index in [1.54, 1.807) is 38.3 Å². The van der Waals surface area contributed by atoms with E-state index in [4.69, 9.17) is 17.0 Å². The smallest absolute Gasteiger partial charge is 0.344 e. The molecular formula is C20H22N4O3S. The quantitative estimate of drug-likeness (QED) is 0.531. The van der Waals surface area contributed by atoms with Crippen molar-refractivity contribution in [2.24, 2.45) is 0 Å². The second kappa shape index (κ2) is 7.85. The van der Waals surface area contributed by atoms with Gasteiger partial charge in [-0.15, -0.1) is 0 Å². The van der Waals surface area contributed by atoms with E-state index >= 15 is 0 Å². The Balaban J connectivity index is 1.73. The maximum Gasteiger partial charge on any atom is 0.344 e. The Labute approximate surface area is 169 Å². The zero-order chi connectivity index (χ0) is 20.3. The van der Waals surface area contributed by atoms with Crippen LogP contribution in [0.3, 0.4) is 0 Å². The number of rotatable bonds is 5. The summed E-state index contributed by atoms with van der Waals surface area (Å²) in [6.07, 6.45) is 0.939. The predicted octanol–water partition coefficient (Wildman–Crippen LogP) is 2.93. The Kier molecular flexibility index (Phi) is 5.51. The van der Waals surface area contributed by atoms with Gasteiger partial charge in [-0.3, -0.25) is 10.2 Å². The van der Waals surface area contributed by atoms with Crippen molar-refractivity contribution in [1.29, 1.82) is 0 Å². The molecule has 0 spiro atoms. The Morgan fingerprint density at radius 1 is 1.21 bits per heavy atom. The number of aryl methyl sites for hydroxylation is 1. The minimum atomic E-state index is -1.23. The molecule has 7 nitrogen and oxygen atoms in total. The molecule has 2 aromatic carbocycles. The Bertz CT molecular complexity index is 916. The van der Waals surface area contributed by atoms with Gasteiger partial charge in [0.25, 0.3) is 5.91 Å². The van der Waals surface area contributed by atoms with E-state index in [9.17, 15) is 9.59 Å². The van der Waals surface area contributed by atoms with Crippen molar-refractivity contribution in [2.45, 2.75) is 25.8 Å². The predicted molar refractivity (Wildman–Crippen MR) is 111 cm³/mol. The summed E-state index contributed by atoms with van der Waals surface area (Å²) in [5.74, 6) is 0.135.